The Morgan fingerprint density at radius 1 is 1.60 bits per heavy atom. The molecule has 2 atom stereocenters. The zero-order chi connectivity index (χ0) is 11.5. The SMILES string of the molecule is CN[C@@H]1CCCN1C(O)OCC(F)(F)F. The number of rotatable bonds is 4. The van der Waals surface area contributed by atoms with E-state index in [1.165, 1.54) is 4.90 Å². The lowest BCUT2D eigenvalue weighted by atomic mass is 10.3. The zero-order valence-corrected chi connectivity index (χ0v) is 8.42. The third kappa shape index (κ3) is 3.94. The molecule has 90 valence electrons. The normalized spacial score (nSPS) is 25.8. The Hall–Kier alpha value is -0.370. The molecule has 15 heavy (non-hydrogen) atoms. The molecule has 0 bridgehead atoms. The fourth-order valence-electron chi connectivity index (χ4n) is 1.63. The van der Waals surface area contributed by atoms with Crippen LogP contribution in [0.2, 0.25) is 0 Å². The van der Waals surface area contributed by atoms with Crippen molar-refractivity contribution >= 4 is 0 Å². The van der Waals surface area contributed by atoms with Crippen molar-refractivity contribution in [1.29, 1.82) is 0 Å². The van der Waals surface area contributed by atoms with E-state index in [0.717, 1.165) is 12.8 Å². The number of nitrogens with zero attached hydrogens (tertiary/aromatic N) is 1. The van der Waals surface area contributed by atoms with Crippen LogP contribution in [0.25, 0.3) is 0 Å². The van der Waals surface area contributed by atoms with Crippen LogP contribution in [0.1, 0.15) is 12.8 Å². The maximum absolute atomic E-state index is 11.8. The molecule has 0 radical (unpaired) electrons. The first-order valence-corrected chi connectivity index (χ1v) is 4.73. The minimum atomic E-state index is -4.41. The Morgan fingerprint density at radius 3 is 2.80 bits per heavy atom. The first kappa shape index (κ1) is 12.7. The lowest BCUT2D eigenvalue weighted by molar-refractivity contribution is -0.258. The molecule has 1 unspecified atom stereocenters. The highest BCUT2D eigenvalue weighted by Gasteiger charge is 2.33. The number of alkyl halides is 3. The van der Waals surface area contributed by atoms with Crippen LogP contribution in [-0.2, 0) is 4.74 Å². The largest absolute Gasteiger partial charge is 0.411 e. The molecule has 1 aliphatic rings. The summed E-state index contributed by atoms with van der Waals surface area (Å²) in [7, 11) is 1.69. The Labute approximate surface area is 86.0 Å². The molecule has 0 aromatic heterocycles. The number of aliphatic hydroxyl groups excluding tert-OH is 1. The second kappa shape index (κ2) is 5.11. The van der Waals surface area contributed by atoms with E-state index in [1.54, 1.807) is 7.05 Å². The Morgan fingerprint density at radius 2 is 2.27 bits per heavy atom. The molecule has 2 N–H and O–H groups in total. The number of hydrogen-bond donors (Lipinski definition) is 2. The van der Waals surface area contributed by atoms with Gasteiger partial charge in [-0.3, -0.25) is 0 Å². The Balaban J connectivity index is 2.36. The predicted octanol–water partition coefficient (Wildman–Crippen LogP) is 0.482. The van der Waals surface area contributed by atoms with E-state index in [-0.39, 0.29) is 6.17 Å². The lowest BCUT2D eigenvalue weighted by Crippen LogP contribution is -2.47. The third-order valence-electron chi connectivity index (χ3n) is 2.31. The van der Waals surface area contributed by atoms with Crippen molar-refractivity contribution in [2.24, 2.45) is 0 Å². The van der Waals surface area contributed by atoms with Crippen molar-refractivity contribution in [3.05, 3.63) is 0 Å². The highest BCUT2D eigenvalue weighted by molar-refractivity contribution is 4.75. The first-order valence-electron chi connectivity index (χ1n) is 4.73. The lowest BCUT2D eigenvalue weighted by Gasteiger charge is -2.28. The van der Waals surface area contributed by atoms with Crippen LogP contribution >= 0.6 is 0 Å². The minimum absolute atomic E-state index is 0.117. The van der Waals surface area contributed by atoms with Crippen molar-refractivity contribution in [2.45, 2.75) is 31.6 Å². The average molecular weight is 228 g/mol. The molecule has 1 rings (SSSR count). The minimum Gasteiger partial charge on any atom is -0.356 e. The van der Waals surface area contributed by atoms with Crippen LogP contribution in [0.3, 0.4) is 0 Å². The smallest absolute Gasteiger partial charge is 0.356 e. The van der Waals surface area contributed by atoms with Gasteiger partial charge in [-0.15, -0.1) is 0 Å². The summed E-state index contributed by atoms with van der Waals surface area (Å²) in [5, 5.41) is 12.3. The number of hydrogen-bond acceptors (Lipinski definition) is 4. The summed E-state index contributed by atoms with van der Waals surface area (Å²) in [6.07, 6.45) is -4.39. The maximum atomic E-state index is 11.8. The summed E-state index contributed by atoms with van der Waals surface area (Å²) < 4.78 is 39.8. The molecule has 0 saturated carbocycles. The fraction of sp³-hybridized carbons (Fsp3) is 1.00. The van der Waals surface area contributed by atoms with E-state index in [2.05, 4.69) is 10.1 Å². The predicted molar refractivity (Wildman–Crippen MR) is 46.8 cm³/mol. The average Bonchev–Trinajstić information content (AvgIpc) is 2.60. The van der Waals surface area contributed by atoms with Crippen molar-refractivity contribution in [2.75, 3.05) is 20.2 Å². The maximum Gasteiger partial charge on any atom is 0.411 e. The number of nitrogens with one attached hydrogen (secondary N) is 1. The van der Waals surface area contributed by atoms with E-state index in [0.29, 0.717) is 6.54 Å². The number of aliphatic hydroxyl groups is 1. The van der Waals surface area contributed by atoms with Gasteiger partial charge in [-0.1, -0.05) is 0 Å². The van der Waals surface area contributed by atoms with Gasteiger partial charge < -0.3 is 15.2 Å². The molecule has 1 fully saturated rings. The molecule has 4 nitrogen and oxygen atoms in total. The van der Waals surface area contributed by atoms with Gasteiger partial charge in [0.1, 0.15) is 6.61 Å². The fourth-order valence-corrected chi connectivity index (χ4v) is 1.63. The van der Waals surface area contributed by atoms with Gasteiger partial charge in [0.2, 0.25) is 6.41 Å². The van der Waals surface area contributed by atoms with Crippen LogP contribution in [0.15, 0.2) is 0 Å². The van der Waals surface area contributed by atoms with Crippen molar-refractivity contribution in [1.82, 2.24) is 10.2 Å². The van der Waals surface area contributed by atoms with Gasteiger partial charge in [-0.05, 0) is 19.9 Å². The van der Waals surface area contributed by atoms with Crippen LogP contribution in [-0.4, -0.2) is 49.0 Å². The quantitative estimate of drug-likeness (QED) is 0.687. The van der Waals surface area contributed by atoms with Gasteiger partial charge in [-0.25, -0.2) is 4.90 Å². The third-order valence-corrected chi connectivity index (χ3v) is 2.31. The second-order valence-corrected chi connectivity index (χ2v) is 3.44. The molecule has 7 heteroatoms. The summed E-state index contributed by atoms with van der Waals surface area (Å²) >= 11 is 0. The van der Waals surface area contributed by atoms with Crippen LogP contribution in [0, 0.1) is 0 Å². The molecule has 0 aromatic rings. The summed E-state index contributed by atoms with van der Waals surface area (Å²) in [5.74, 6) is 0. The van der Waals surface area contributed by atoms with Crippen molar-refractivity contribution in [3.8, 4) is 0 Å². The molecule has 0 aromatic carbocycles. The molecular weight excluding hydrogens is 213 g/mol. The Kier molecular flexibility index (Phi) is 4.32. The Bertz CT molecular complexity index is 201. The van der Waals surface area contributed by atoms with Gasteiger partial charge in [0, 0.05) is 6.54 Å². The van der Waals surface area contributed by atoms with Gasteiger partial charge >= 0.3 is 6.18 Å². The molecule has 1 heterocycles. The molecule has 0 spiro atoms. The van der Waals surface area contributed by atoms with Gasteiger partial charge in [-0.2, -0.15) is 13.2 Å². The number of likely N-dealkylation sites (tertiary alicyclic amines) is 1. The van der Waals surface area contributed by atoms with Gasteiger partial charge in [0.25, 0.3) is 0 Å². The van der Waals surface area contributed by atoms with Gasteiger partial charge in [0.15, 0.2) is 0 Å². The van der Waals surface area contributed by atoms with Crippen molar-refractivity contribution in [3.63, 3.8) is 0 Å². The van der Waals surface area contributed by atoms with Crippen LogP contribution in [0.5, 0.6) is 0 Å². The van der Waals surface area contributed by atoms with E-state index in [1.807, 2.05) is 0 Å². The first-order chi connectivity index (χ1) is 6.94. The zero-order valence-electron chi connectivity index (χ0n) is 8.42. The monoisotopic (exact) mass is 228 g/mol. The summed E-state index contributed by atoms with van der Waals surface area (Å²) in [6, 6.07) is 0. The van der Waals surface area contributed by atoms with E-state index in [9.17, 15) is 18.3 Å². The number of ether oxygens (including phenoxy) is 1. The summed E-state index contributed by atoms with van der Waals surface area (Å²) in [5.41, 5.74) is 0. The molecular formula is C8H15F3N2O2. The summed E-state index contributed by atoms with van der Waals surface area (Å²) in [6.45, 7) is -0.897. The molecule has 1 aliphatic heterocycles. The van der Waals surface area contributed by atoms with Crippen LogP contribution in [0.4, 0.5) is 13.2 Å². The molecule has 0 amide bonds. The molecule has 1 saturated heterocycles. The molecule has 0 aliphatic carbocycles. The van der Waals surface area contributed by atoms with E-state index >= 15 is 0 Å². The van der Waals surface area contributed by atoms with Gasteiger partial charge in [0.05, 0.1) is 6.17 Å². The van der Waals surface area contributed by atoms with E-state index < -0.39 is 19.2 Å². The van der Waals surface area contributed by atoms with Crippen molar-refractivity contribution < 1.29 is 23.0 Å². The standard InChI is InChI=1S/C8H15F3N2O2/c1-12-6-3-2-4-13(6)7(14)15-5-8(9,10)11/h6-7,12,14H,2-5H2,1H3/t6-,7?/m0/s1. The number of halogens is 3. The highest BCUT2D eigenvalue weighted by Crippen LogP contribution is 2.20. The highest BCUT2D eigenvalue weighted by atomic mass is 19.4. The van der Waals surface area contributed by atoms with E-state index in [4.69, 9.17) is 0 Å². The van der Waals surface area contributed by atoms with Crippen LogP contribution < -0.4 is 5.32 Å². The second-order valence-electron chi connectivity index (χ2n) is 3.44. The summed E-state index contributed by atoms with van der Waals surface area (Å²) in [4.78, 5) is 1.46. The topological polar surface area (TPSA) is 44.7 Å².